The molecule has 0 aliphatic carbocycles. The molecular formula is C12H8F3N3S. The second-order valence-corrected chi connectivity index (χ2v) is 3.96. The topological polar surface area (TPSA) is 30.2 Å². The van der Waals surface area contributed by atoms with Crippen molar-refractivity contribution in [1.82, 2.24) is 9.78 Å². The summed E-state index contributed by atoms with van der Waals surface area (Å²) in [6.07, 6.45) is -2.72. The molecule has 0 atom stereocenters. The number of aliphatic imine (C=N–C) groups is 1. The molecule has 3 nitrogen and oxygen atoms in total. The Morgan fingerprint density at radius 2 is 2.11 bits per heavy atom. The number of hydrogen-bond donors (Lipinski definition) is 0. The van der Waals surface area contributed by atoms with Gasteiger partial charge in [-0.1, -0.05) is 12.1 Å². The minimum atomic E-state index is -4.34. The van der Waals surface area contributed by atoms with Gasteiger partial charge in [-0.2, -0.15) is 23.3 Å². The Morgan fingerprint density at radius 1 is 1.32 bits per heavy atom. The molecule has 0 N–H and O–H groups in total. The summed E-state index contributed by atoms with van der Waals surface area (Å²) in [6.45, 7) is 0.233. The van der Waals surface area contributed by atoms with E-state index in [-0.39, 0.29) is 6.54 Å². The lowest BCUT2D eigenvalue weighted by atomic mass is 10.1. The quantitative estimate of drug-likeness (QED) is 0.635. The van der Waals surface area contributed by atoms with Gasteiger partial charge in [0.25, 0.3) is 0 Å². The fourth-order valence-electron chi connectivity index (χ4n) is 1.58. The summed E-state index contributed by atoms with van der Waals surface area (Å²) in [7, 11) is 0. The minimum Gasteiger partial charge on any atom is -0.266 e. The van der Waals surface area contributed by atoms with Crippen molar-refractivity contribution < 1.29 is 13.2 Å². The van der Waals surface area contributed by atoms with Crippen molar-refractivity contribution in [2.24, 2.45) is 4.99 Å². The van der Waals surface area contributed by atoms with Crippen molar-refractivity contribution in [1.29, 1.82) is 0 Å². The average Bonchev–Trinajstić information content (AvgIpc) is 2.76. The number of hydrogen-bond acceptors (Lipinski definition) is 3. The van der Waals surface area contributed by atoms with E-state index in [1.165, 1.54) is 10.7 Å². The predicted octanol–water partition coefficient (Wildman–Crippen LogP) is 3.68. The molecule has 0 saturated heterocycles. The first-order valence-electron chi connectivity index (χ1n) is 5.26. The van der Waals surface area contributed by atoms with Gasteiger partial charge in [-0.15, -0.1) is 0 Å². The highest BCUT2D eigenvalue weighted by Crippen LogP contribution is 2.29. The van der Waals surface area contributed by atoms with E-state index in [9.17, 15) is 13.2 Å². The molecule has 19 heavy (non-hydrogen) atoms. The molecule has 0 fully saturated rings. The Kier molecular flexibility index (Phi) is 3.78. The van der Waals surface area contributed by atoms with Gasteiger partial charge < -0.3 is 0 Å². The number of nitrogens with zero attached hydrogens (tertiary/aromatic N) is 3. The molecule has 1 aromatic heterocycles. The van der Waals surface area contributed by atoms with Gasteiger partial charge in [0.1, 0.15) is 0 Å². The monoisotopic (exact) mass is 283 g/mol. The van der Waals surface area contributed by atoms with Gasteiger partial charge in [0, 0.05) is 12.3 Å². The molecule has 0 saturated carbocycles. The fourth-order valence-corrected chi connectivity index (χ4v) is 1.67. The van der Waals surface area contributed by atoms with Crippen LogP contribution in [0.1, 0.15) is 11.1 Å². The number of thiocarbonyl (C=S) groups is 1. The van der Waals surface area contributed by atoms with Crippen LogP contribution in [-0.2, 0) is 12.7 Å². The van der Waals surface area contributed by atoms with Crippen LogP contribution in [0.5, 0.6) is 0 Å². The number of isothiocyanates is 1. The summed E-state index contributed by atoms with van der Waals surface area (Å²) in [4.78, 5) is 3.68. The van der Waals surface area contributed by atoms with Crippen LogP contribution in [0.2, 0.25) is 0 Å². The average molecular weight is 283 g/mol. The zero-order valence-corrected chi connectivity index (χ0v) is 10.4. The van der Waals surface area contributed by atoms with Crippen LogP contribution >= 0.6 is 12.2 Å². The van der Waals surface area contributed by atoms with Gasteiger partial charge in [-0.25, -0.2) is 0 Å². The third-order valence-corrected chi connectivity index (χ3v) is 2.48. The van der Waals surface area contributed by atoms with Gasteiger partial charge in [0.05, 0.1) is 17.3 Å². The lowest BCUT2D eigenvalue weighted by Crippen LogP contribution is -2.07. The Morgan fingerprint density at radius 3 is 2.79 bits per heavy atom. The molecule has 0 radical (unpaired) electrons. The highest BCUT2D eigenvalue weighted by atomic mass is 32.1. The minimum absolute atomic E-state index is 0.233. The zero-order valence-electron chi connectivity index (χ0n) is 9.55. The van der Waals surface area contributed by atoms with Crippen molar-refractivity contribution in [3.8, 4) is 0 Å². The SMILES string of the molecule is FC(F)(F)c1cccc(Cn2ccc(N=C=S)n2)c1. The van der Waals surface area contributed by atoms with Gasteiger partial charge in [0.15, 0.2) is 5.82 Å². The lowest BCUT2D eigenvalue weighted by Gasteiger charge is -2.08. The second-order valence-electron chi connectivity index (χ2n) is 3.77. The first kappa shape index (κ1) is 13.5. The van der Waals surface area contributed by atoms with Gasteiger partial charge >= 0.3 is 6.18 Å². The Bertz CT molecular complexity index is 627. The molecular weight excluding hydrogens is 275 g/mol. The van der Waals surface area contributed by atoms with Crippen LogP contribution in [0.3, 0.4) is 0 Å². The van der Waals surface area contributed by atoms with Crippen molar-refractivity contribution in [2.75, 3.05) is 0 Å². The molecule has 2 aromatic rings. The van der Waals surface area contributed by atoms with E-state index in [2.05, 4.69) is 27.5 Å². The summed E-state index contributed by atoms with van der Waals surface area (Å²) in [6, 6.07) is 6.72. The molecule has 0 spiro atoms. The summed E-state index contributed by atoms with van der Waals surface area (Å²) in [5.74, 6) is 0.377. The first-order chi connectivity index (χ1) is 8.99. The maximum atomic E-state index is 12.6. The van der Waals surface area contributed by atoms with E-state index in [1.807, 2.05) is 0 Å². The Labute approximate surface area is 112 Å². The molecule has 0 aliphatic rings. The van der Waals surface area contributed by atoms with E-state index < -0.39 is 11.7 Å². The van der Waals surface area contributed by atoms with Crippen molar-refractivity contribution in [3.63, 3.8) is 0 Å². The largest absolute Gasteiger partial charge is 0.416 e. The van der Waals surface area contributed by atoms with Crippen LogP contribution < -0.4 is 0 Å². The van der Waals surface area contributed by atoms with E-state index in [0.29, 0.717) is 11.4 Å². The third-order valence-electron chi connectivity index (χ3n) is 2.39. The van der Waals surface area contributed by atoms with Crippen LogP contribution in [0.15, 0.2) is 41.5 Å². The highest BCUT2D eigenvalue weighted by molar-refractivity contribution is 7.78. The van der Waals surface area contributed by atoms with Crippen LogP contribution in [0, 0.1) is 0 Å². The zero-order chi connectivity index (χ0) is 13.9. The number of halogens is 3. The van der Waals surface area contributed by atoms with Gasteiger partial charge in [-0.3, -0.25) is 4.68 Å². The summed E-state index contributed by atoms with van der Waals surface area (Å²) < 4.78 is 39.1. The van der Waals surface area contributed by atoms with E-state index in [4.69, 9.17) is 0 Å². The molecule has 7 heteroatoms. The van der Waals surface area contributed by atoms with Crippen LogP contribution in [-0.4, -0.2) is 14.9 Å². The first-order valence-corrected chi connectivity index (χ1v) is 5.67. The molecule has 98 valence electrons. The molecule has 0 amide bonds. The molecule has 0 unspecified atom stereocenters. The number of alkyl halides is 3. The van der Waals surface area contributed by atoms with Crippen LogP contribution in [0.4, 0.5) is 19.0 Å². The maximum absolute atomic E-state index is 12.6. The molecule has 1 heterocycles. The van der Waals surface area contributed by atoms with E-state index >= 15 is 0 Å². The maximum Gasteiger partial charge on any atom is 0.416 e. The summed E-state index contributed by atoms with van der Waals surface area (Å²) in [5.41, 5.74) is -0.162. The second kappa shape index (κ2) is 5.34. The van der Waals surface area contributed by atoms with Crippen molar-refractivity contribution in [3.05, 3.63) is 47.7 Å². The molecule has 0 bridgehead atoms. The smallest absolute Gasteiger partial charge is 0.266 e. The van der Waals surface area contributed by atoms with Crippen molar-refractivity contribution >= 4 is 23.2 Å². The predicted molar refractivity (Wildman–Crippen MR) is 67.5 cm³/mol. The summed E-state index contributed by atoms with van der Waals surface area (Å²) in [5, 5.41) is 6.20. The van der Waals surface area contributed by atoms with Crippen LogP contribution in [0.25, 0.3) is 0 Å². The molecule has 1 aromatic carbocycles. The molecule has 2 rings (SSSR count). The number of benzene rings is 1. The highest BCUT2D eigenvalue weighted by Gasteiger charge is 2.30. The normalized spacial score (nSPS) is 11.1. The van der Waals surface area contributed by atoms with Crippen molar-refractivity contribution in [2.45, 2.75) is 12.7 Å². The molecule has 0 aliphatic heterocycles. The number of aromatic nitrogens is 2. The van der Waals surface area contributed by atoms with E-state index in [0.717, 1.165) is 12.1 Å². The number of rotatable bonds is 3. The summed E-state index contributed by atoms with van der Waals surface area (Å²) >= 11 is 4.44. The lowest BCUT2D eigenvalue weighted by molar-refractivity contribution is -0.137. The Balaban J connectivity index is 2.21. The Hall–Kier alpha value is -1.98. The van der Waals surface area contributed by atoms with Gasteiger partial charge in [-0.05, 0) is 29.9 Å². The third kappa shape index (κ3) is 3.49. The van der Waals surface area contributed by atoms with E-state index in [1.54, 1.807) is 18.3 Å². The standard InChI is InChI=1S/C12H8F3N3S/c13-12(14,15)10-3-1-2-9(6-10)7-18-5-4-11(17-18)16-8-19/h1-6H,7H2. The fraction of sp³-hybridized carbons (Fsp3) is 0.167. The van der Waals surface area contributed by atoms with Gasteiger partial charge in [0.2, 0.25) is 0 Å².